The van der Waals surface area contributed by atoms with Gasteiger partial charge in [0.2, 0.25) is 0 Å². The van der Waals surface area contributed by atoms with Crippen molar-refractivity contribution in [2.75, 3.05) is 6.61 Å². The van der Waals surface area contributed by atoms with E-state index in [0.717, 1.165) is 0 Å². The number of ether oxygens (including phenoxy) is 1. The molecule has 1 rings (SSSR count). The maximum atomic E-state index is 10.6. The van der Waals surface area contributed by atoms with Gasteiger partial charge in [-0.25, -0.2) is 5.48 Å². The summed E-state index contributed by atoms with van der Waals surface area (Å²) in [5.74, 6) is -0.371. The Morgan fingerprint density at radius 2 is 2.21 bits per heavy atom. The number of halogens is 2. The molecule has 2 N–H and O–H groups in total. The Hall–Kier alpha value is -0.970. The highest BCUT2D eigenvalue weighted by atomic mass is 35.5. The predicted molar refractivity (Wildman–Crippen MR) is 51.9 cm³/mol. The molecule has 0 saturated heterocycles. The Balaban J connectivity index is 2.68. The number of benzene rings is 1. The van der Waals surface area contributed by atoms with Gasteiger partial charge in [-0.3, -0.25) is 10.0 Å². The Morgan fingerprint density at radius 1 is 1.50 bits per heavy atom. The molecule has 0 fully saturated rings. The Morgan fingerprint density at radius 3 is 2.86 bits per heavy atom. The van der Waals surface area contributed by atoms with E-state index in [2.05, 4.69) is 0 Å². The first-order valence-corrected chi connectivity index (χ1v) is 4.40. The molecule has 76 valence electrons. The number of nitrogens with one attached hydrogen (secondary N) is 1. The minimum Gasteiger partial charge on any atom is -0.482 e. The second-order valence-corrected chi connectivity index (χ2v) is 3.16. The van der Waals surface area contributed by atoms with Crippen molar-refractivity contribution in [3.8, 4) is 5.75 Å². The molecule has 0 heterocycles. The number of rotatable bonds is 3. The predicted octanol–water partition coefficient (Wildman–Crippen LogP) is 1.88. The van der Waals surface area contributed by atoms with Crippen molar-refractivity contribution in [3.63, 3.8) is 0 Å². The van der Waals surface area contributed by atoms with Crippen LogP contribution in [-0.4, -0.2) is 17.7 Å². The highest BCUT2D eigenvalue weighted by molar-refractivity contribution is 6.42. The van der Waals surface area contributed by atoms with Gasteiger partial charge in [-0.2, -0.15) is 0 Å². The molecule has 0 aromatic heterocycles. The maximum absolute atomic E-state index is 10.6. The molecule has 1 amide bonds. The number of carbonyl (C=O) groups excluding carboxylic acids is 1. The molecule has 0 aliphatic rings. The summed E-state index contributed by atoms with van der Waals surface area (Å²) in [6.45, 7) is -0.323. The molecule has 0 radical (unpaired) electrons. The van der Waals surface area contributed by atoms with Crippen LogP contribution in [0, 0.1) is 0 Å². The van der Waals surface area contributed by atoms with Crippen molar-refractivity contribution < 1.29 is 14.7 Å². The van der Waals surface area contributed by atoms with Gasteiger partial charge in [0.05, 0.1) is 5.02 Å². The van der Waals surface area contributed by atoms with Gasteiger partial charge in [0.1, 0.15) is 10.8 Å². The van der Waals surface area contributed by atoms with E-state index in [1.165, 1.54) is 5.48 Å². The molecule has 0 bridgehead atoms. The van der Waals surface area contributed by atoms with Gasteiger partial charge in [-0.05, 0) is 12.1 Å². The third-order valence-corrected chi connectivity index (χ3v) is 2.20. The minimum atomic E-state index is -0.666. The molecule has 0 unspecified atom stereocenters. The van der Waals surface area contributed by atoms with E-state index < -0.39 is 5.91 Å². The summed E-state index contributed by atoms with van der Waals surface area (Å²) in [6, 6.07) is 4.81. The third kappa shape index (κ3) is 2.77. The average molecular weight is 236 g/mol. The van der Waals surface area contributed by atoms with Crippen molar-refractivity contribution >= 4 is 29.1 Å². The van der Waals surface area contributed by atoms with Gasteiger partial charge in [0.15, 0.2) is 6.61 Å². The molecule has 6 heteroatoms. The number of hydrogen-bond donors (Lipinski definition) is 2. The molecular formula is C8H7Cl2NO3. The summed E-state index contributed by atoms with van der Waals surface area (Å²) in [7, 11) is 0. The zero-order chi connectivity index (χ0) is 10.6. The fraction of sp³-hybridized carbons (Fsp3) is 0.125. The van der Waals surface area contributed by atoms with Crippen molar-refractivity contribution in [2.45, 2.75) is 0 Å². The smallest absolute Gasteiger partial charge is 0.281 e. The molecule has 1 aromatic carbocycles. The van der Waals surface area contributed by atoms with E-state index in [1.54, 1.807) is 18.2 Å². The van der Waals surface area contributed by atoms with Crippen LogP contribution in [0.15, 0.2) is 18.2 Å². The van der Waals surface area contributed by atoms with Crippen molar-refractivity contribution in [3.05, 3.63) is 28.2 Å². The van der Waals surface area contributed by atoms with Gasteiger partial charge in [0, 0.05) is 0 Å². The summed E-state index contributed by atoms with van der Waals surface area (Å²) in [4.78, 5) is 10.6. The lowest BCUT2D eigenvalue weighted by molar-refractivity contribution is -0.131. The van der Waals surface area contributed by atoms with E-state index in [0.29, 0.717) is 10.8 Å². The van der Waals surface area contributed by atoms with Gasteiger partial charge in [-0.15, -0.1) is 0 Å². The summed E-state index contributed by atoms with van der Waals surface area (Å²) in [6.07, 6.45) is 0. The largest absolute Gasteiger partial charge is 0.482 e. The maximum Gasteiger partial charge on any atom is 0.281 e. The Kier molecular flexibility index (Phi) is 4.00. The van der Waals surface area contributed by atoms with Crippen LogP contribution in [0.4, 0.5) is 0 Å². The van der Waals surface area contributed by atoms with Crippen molar-refractivity contribution in [1.29, 1.82) is 0 Å². The lowest BCUT2D eigenvalue weighted by Crippen LogP contribution is -2.25. The molecule has 0 atom stereocenters. The first kappa shape index (κ1) is 11.1. The van der Waals surface area contributed by atoms with Crippen LogP contribution >= 0.6 is 23.2 Å². The van der Waals surface area contributed by atoms with Crippen LogP contribution in [0.2, 0.25) is 10.0 Å². The molecule has 0 saturated carbocycles. The molecular weight excluding hydrogens is 229 g/mol. The molecule has 1 aromatic rings. The second kappa shape index (κ2) is 5.05. The highest BCUT2D eigenvalue weighted by Gasteiger charge is 2.07. The van der Waals surface area contributed by atoms with E-state index in [4.69, 9.17) is 33.1 Å². The SMILES string of the molecule is O=C(COc1cccc(Cl)c1Cl)NO. The van der Waals surface area contributed by atoms with Crippen LogP contribution in [0.5, 0.6) is 5.75 Å². The normalized spacial score (nSPS) is 9.64. The first-order valence-electron chi connectivity index (χ1n) is 3.65. The lowest BCUT2D eigenvalue weighted by atomic mass is 10.3. The molecule has 14 heavy (non-hydrogen) atoms. The Bertz CT molecular complexity index is 343. The summed E-state index contributed by atoms with van der Waals surface area (Å²) >= 11 is 11.5. The standard InChI is InChI=1S/C8H7Cl2NO3/c9-5-2-1-3-6(8(5)10)14-4-7(12)11-13/h1-3,13H,4H2,(H,11,12). The van der Waals surface area contributed by atoms with Crippen LogP contribution in [-0.2, 0) is 4.79 Å². The van der Waals surface area contributed by atoms with E-state index in [-0.39, 0.29) is 11.6 Å². The second-order valence-electron chi connectivity index (χ2n) is 2.38. The van der Waals surface area contributed by atoms with E-state index in [1.807, 2.05) is 0 Å². The monoisotopic (exact) mass is 235 g/mol. The van der Waals surface area contributed by atoms with Crippen molar-refractivity contribution in [2.24, 2.45) is 0 Å². The summed E-state index contributed by atoms with van der Waals surface area (Å²) in [5.41, 5.74) is 1.43. The molecule has 0 aliphatic heterocycles. The zero-order valence-corrected chi connectivity index (χ0v) is 8.47. The molecule has 0 aliphatic carbocycles. The Labute approximate surface area is 90.3 Å². The van der Waals surface area contributed by atoms with Crippen LogP contribution < -0.4 is 10.2 Å². The number of hydroxylamine groups is 1. The first-order chi connectivity index (χ1) is 6.65. The fourth-order valence-corrected chi connectivity index (χ4v) is 1.12. The van der Waals surface area contributed by atoms with Crippen LogP contribution in [0.1, 0.15) is 0 Å². The minimum absolute atomic E-state index is 0.236. The number of carbonyl (C=O) groups is 1. The highest BCUT2D eigenvalue weighted by Crippen LogP contribution is 2.31. The van der Waals surface area contributed by atoms with Gasteiger partial charge < -0.3 is 4.74 Å². The third-order valence-electron chi connectivity index (χ3n) is 1.40. The van der Waals surface area contributed by atoms with Crippen LogP contribution in [0.3, 0.4) is 0 Å². The average Bonchev–Trinajstić information content (AvgIpc) is 2.20. The van der Waals surface area contributed by atoms with Crippen molar-refractivity contribution in [1.82, 2.24) is 5.48 Å². The van der Waals surface area contributed by atoms with E-state index in [9.17, 15) is 4.79 Å². The fourth-order valence-electron chi connectivity index (χ4n) is 0.771. The van der Waals surface area contributed by atoms with Gasteiger partial charge >= 0.3 is 0 Å². The van der Waals surface area contributed by atoms with Gasteiger partial charge in [0.25, 0.3) is 5.91 Å². The number of amides is 1. The van der Waals surface area contributed by atoms with Gasteiger partial charge in [-0.1, -0.05) is 29.3 Å². The topological polar surface area (TPSA) is 58.6 Å². The number of hydrogen-bond acceptors (Lipinski definition) is 3. The summed E-state index contributed by atoms with van der Waals surface area (Å²) in [5, 5.41) is 8.78. The van der Waals surface area contributed by atoms with Crippen LogP contribution in [0.25, 0.3) is 0 Å². The van der Waals surface area contributed by atoms with E-state index >= 15 is 0 Å². The lowest BCUT2D eigenvalue weighted by Gasteiger charge is -2.06. The molecule has 4 nitrogen and oxygen atoms in total. The molecule has 0 spiro atoms. The zero-order valence-electron chi connectivity index (χ0n) is 6.96. The quantitative estimate of drug-likeness (QED) is 0.622. The summed E-state index contributed by atoms with van der Waals surface area (Å²) < 4.78 is 4.98.